The molecule has 0 aromatic rings. The van der Waals surface area contributed by atoms with Crippen molar-refractivity contribution in [2.45, 2.75) is 36.6 Å². The summed E-state index contributed by atoms with van der Waals surface area (Å²) in [4.78, 5) is 47.7. The first kappa shape index (κ1) is 20.7. The summed E-state index contributed by atoms with van der Waals surface area (Å²) in [5.41, 5.74) is -0.815. The van der Waals surface area contributed by atoms with Crippen LogP contribution in [-0.4, -0.2) is 54.9 Å². The van der Waals surface area contributed by atoms with E-state index in [1.54, 1.807) is 0 Å². The third-order valence-electron chi connectivity index (χ3n) is 4.66. The lowest BCUT2D eigenvalue weighted by Crippen LogP contribution is -2.50. The average Bonchev–Trinajstić information content (AvgIpc) is 3.24. The quantitative estimate of drug-likeness (QED) is 0.511. The van der Waals surface area contributed by atoms with Gasteiger partial charge >= 0.3 is 6.03 Å². The molecule has 152 valence electrons. The Morgan fingerprint density at radius 2 is 2.00 bits per heavy atom. The van der Waals surface area contributed by atoms with Gasteiger partial charge in [0.2, 0.25) is 0 Å². The topological polar surface area (TPSA) is 163 Å². The van der Waals surface area contributed by atoms with Gasteiger partial charge in [0, 0.05) is 25.7 Å². The molecule has 3 aliphatic rings. The van der Waals surface area contributed by atoms with Crippen LogP contribution in [0.1, 0.15) is 6.42 Å². The second-order valence-corrected chi connectivity index (χ2v) is 10.2. The van der Waals surface area contributed by atoms with Crippen LogP contribution in [-0.2, 0) is 23.1 Å². The number of amides is 2. The molecule has 1 N–H and O–H groups in total. The molecule has 0 spiro atoms. The van der Waals surface area contributed by atoms with Gasteiger partial charge in [0.15, 0.2) is 6.23 Å². The van der Waals surface area contributed by atoms with Gasteiger partial charge in [-0.05, 0) is 24.1 Å². The highest BCUT2D eigenvalue weighted by Gasteiger charge is 2.58. The van der Waals surface area contributed by atoms with Crippen molar-refractivity contribution >= 4 is 21.2 Å². The maximum atomic E-state index is 12.2. The van der Waals surface area contributed by atoms with Crippen LogP contribution in [0.5, 0.6) is 0 Å². The highest BCUT2D eigenvalue weighted by molar-refractivity contribution is 7.50. The van der Waals surface area contributed by atoms with E-state index in [0.29, 0.717) is 5.70 Å². The van der Waals surface area contributed by atoms with E-state index in [-0.39, 0.29) is 6.42 Å². The lowest BCUT2D eigenvalue weighted by molar-refractivity contribution is -0.314. The number of carbonyl (C=O) groups is 1. The fourth-order valence-electron chi connectivity index (χ4n) is 3.42. The molecule has 11 nitrogen and oxygen atoms in total. The Hall–Kier alpha value is -1.03. The molecular weight excluding hydrogens is 402 g/mol. The molecule has 0 aromatic heterocycles. The minimum atomic E-state index is -4.86. The van der Waals surface area contributed by atoms with Gasteiger partial charge in [-0.2, -0.15) is 0 Å². The minimum Gasteiger partial charge on any atom is -0.811 e. The van der Waals surface area contributed by atoms with Crippen molar-refractivity contribution in [3.63, 3.8) is 0 Å². The van der Waals surface area contributed by atoms with E-state index in [1.807, 2.05) is 0 Å². The smallest absolute Gasteiger partial charge is 0.328 e. The molecule has 0 radical (unpaired) electrons. The predicted molar refractivity (Wildman–Crippen MR) is 86.0 cm³/mol. The predicted octanol–water partition coefficient (Wildman–Crippen LogP) is -1.35. The summed E-state index contributed by atoms with van der Waals surface area (Å²) in [7, 11) is -7.82. The van der Waals surface area contributed by atoms with E-state index in [1.165, 1.54) is 19.4 Å². The van der Waals surface area contributed by atoms with Crippen molar-refractivity contribution in [1.82, 2.24) is 10.2 Å². The Kier molecular flexibility index (Phi) is 5.44. The summed E-state index contributed by atoms with van der Waals surface area (Å²) in [6, 6.07) is -0.582. The molecule has 0 aromatic carbocycles. The molecule has 3 rings (SSSR count). The van der Waals surface area contributed by atoms with E-state index >= 15 is 0 Å². The van der Waals surface area contributed by atoms with E-state index < -0.39 is 57.3 Å². The Labute approximate surface area is 155 Å². The molecule has 0 bridgehead atoms. The van der Waals surface area contributed by atoms with Crippen LogP contribution in [0.25, 0.3) is 0 Å². The summed E-state index contributed by atoms with van der Waals surface area (Å²) >= 11 is 0. The number of carbonyl (C=O) groups excluding carboxylic acids is 1. The number of hydrogen-bond acceptors (Lipinski definition) is 9. The van der Waals surface area contributed by atoms with Crippen molar-refractivity contribution in [3.8, 4) is 0 Å². The third-order valence-corrected chi connectivity index (χ3v) is 6.69. The summed E-state index contributed by atoms with van der Waals surface area (Å²) in [6.07, 6.45) is -1.45. The monoisotopic (exact) mass is 421 g/mol. The van der Waals surface area contributed by atoms with Gasteiger partial charge in [0.05, 0.1) is 6.10 Å². The standard InChI is InChI=1S/C14H22N2O9P2/c1-7-4-5-16(14(17)15-7)13-12(23-2)11(25-26(3,18)19)10(24-13)8-6-9(8)27(20,21)22/h4-5,8-13H,1,6H2,2-3H3,(H,15,17)(H,18,19)(H2,20,21,22)/p-3. The lowest BCUT2D eigenvalue weighted by Gasteiger charge is -2.33. The highest BCUT2D eigenvalue weighted by Crippen LogP contribution is 2.58. The third kappa shape index (κ3) is 4.36. The molecule has 2 fully saturated rings. The van der Waals surface area contributed by atoms with Crippen LogP contribution in [0.15, 0.2) is 24.6 Å². The molecule has 1 saturated heterocycles. The molecule has 2 aliphatic heterocycles. The second kappa shape index (κ2) is 7.09. The highest BCUT2D eigenvalue weighted by atomic mass is 31.2. The lowest BCUT2D eigenvalue weighted by atomic mass is 10.1. The van der Waals surface area contributed by atoms with Crippen LogP contribution < -0.4 is 20.0 Å². The summed E-state index contributed by atoms with van der Waals surface area (Å²) < 4.78 is 39.2. The Morgan fingerprint density at radius 1 is 1.33 bits per heavy atom. The van der Waals surface area contributed by atoms with Crippen molar-refractivity contribution in [1.29, 1.82) is 0 Å². The number of methoxy groups -OCH3 is 1. The van der Waals surface area contributed by atoms with Crippen molar-refractivity contribution in [2.24, 2.45) is 5.92 Å². The normalized spacial score (nSPS) is 38.6. The van der Waals surface area contributed by atoms with Gasteiger partial charge in [0.1, 0.15) is 19.8 Å². The van der Waals surface area contributed by atoms with Crippen molar-refractivity contribution < 1.29 is 42.6 Å². The van der Waals surface area contributed by atoms with Crippen LogP contribution in [0.3, 0.4) is 0 Å². The Balaban J connectivity index is 1.89. The SMILES string of the molecule is C=C1C=CN(C2OC(C3CC3P(=O)([O-])[O-])C(OP(C)(=O)[O-])C2OC)C(=O)N1. The Morgan fingerprint density at radius 3 is 2.48 bits per heavy atom. The van der Waals surface area contributed by atoms with Gasteiger partial charge in [-0.1, -0.05) is 14.2 Å². The zero-order chi connectivity index (χ0) is 20.1. The van der Waals surface area contributed by atoms with Gasteiger partial charge in [-0.25, -0.2) is 4.79 Å². The molecule has 7 unspecified atom stereocenters. The van der Waals surface area contributed by atoms with E-state index in [2.05, 4.69) is 11.9 Å². The summed E-state index contributed by atoms with van der Waals surface area (Å²) in [6.45, 7) is 4.46. The number of urea groups is 1. The van der Waals surface area contributed by atoms with Crippen LogP contribution in [0.4, 0.5) is 4.79 Å². The summed E-state index contributed by atoms with van der Waals surface area (Å²) in [5.74, 6) is -0.739. The molecular formula is C14H19N2O9P2-3. The number of nitrogens with one attached hydrogen (secondary N) is 1. The molecule has 1 saturated carbocycles. The van der Waals surface area contributed by atoms with Crippen molar-refractivity contribution in [2.75, 3.05) is 13.8 Å². The first-order valence-electron chi connectivity index (χ1n) is 8.05. The Bertz CT molecular complexity index is 760. The minimum absolute atomic E-state index is 0.0314. The van der Waals surface area contributed by atoms with Crippen LogP contribution >= 0.6 is 15.2 Å². The first-order chi connectivity index (χ1) is 12.4. The number of rotatable bonds is 6. The average molecular weight is 421 g/mol. The zero-order valence-corrected chi connectivity index (χ0v) is 16.3. The van der Waals surface area contributed by atoms with Gasteiger partial charge in [0.25, 0.3) is 0 Å². The molecule has 2 heterocycles. The number of ether oxygens (including phenoxy) is 2. The number of hydrogen-bond donors (Lipinski definition) is 1. The molecule has 7 atom stereocenters. The molecule has 1 aliphatic carbocycles. The molecule has 2 amide bonds. The zero-order valence-electron chi connectivity index (χ0n) is 14.5. The largest absolute Gasteiger partial charge is 0.811 e. The van der Waals surface area contributed by atoms with E-state index in [4.69, 9.17) is 14.0 Å². The number of allylic oxidation sites excluding steroid dienone is 1. The van der Waals surface area contributed by atoms with Crippen molar-refractivity contribution in [3.05, 3.63) is 24.6 Å². The van der Waals surface area contributed by atoms with E-state index in [0.717, 1.165) is 11.6 Å². The van der Waals surface area contributed by atoms with Gasteiger partial charge < -0.3 is 43.1 Å². The maximum Gasteiger partial charge on any atom is 0.328 e. The van der Waals surface area contributed by atoms with Gasteiger partial charge in [-0.3, -0.25) is 4.90 Å². The fourth-order valence-corrected chi connectivity index (χ4v) is 5.25. The fraction of sp³-hybridized carbons (Fsp3) is 0.643. The number of nitrogens with zero attached hydrogens (tertiary/aromatic N) is 1. The maximum absolute atomic E-state index is 12.2. The molecule has 13 heteroatoms. The van der Waals surface area contributed by atoms with Gasteiger partial charge in [-0.15, -0.1) is 0 Å². The van der Waals surface area contributed by atoms with E-state index in [9.17, 15) is 28.6 Å². The van der Waals surface area contributed by atoms with Crippen LogP contribution in [0.2, 0.25) is 0 Å². The second-order valence-electron chi connectivity index (χ2n) is 6.72. The first-order valence-corrected chi connectivity index (χ1v) is 11.7. The van der Waals surface area contributed by atoms with Crippen LogP contribution in [0, 0.1) is 5.92 Å². The molecule has 27 heavy (non-hydrogen) atoms. The summed E-state index contributed by atoms with van der Waals surface area (Å²) in [5, 5.41) is 2.48.